The molecule has 0 spiro atoms. The number of benzene rings is 3. The average Bonchev–Trinajstić information content (AvgIpc) is 2.88. The van der Waals surface area contributed by atoms with E-state index in [4.69, 9.17) is 9.47 Å². The molecule has 4 rings (SSSR count). The Morgan fingerprint density at radius 3 is 2.28 bits per heavy atom. The number of para-hydroxylation sites is 1. The first-order valence-electron chi connectivity index (χ1n) is 11.0. The van der Waals surface area contributed by atoms with Gasteiger partial charge in [-0.2, -0.15) is 0 Å². The van der Waals surface area contributed by atoms with Crippen LogP contribution in [0.5, 0.6) is 17.4 Å². The van der Waals surface area contributed by atoms with E-state index in [9.17, 15) is 23.5 Å². The zero-order valence-corrected chi connectivity index (χ0v) is 19.0. The molecule has 36 heavy (non-hydrogen) atoms. The number of hydrogen-bond donors (Lipinski definition) is 2. The summed E-state index contributed by atoms with van der Waals surface area (Å²) in [7, 11) is 0. The highest BCUT2D eigenvalue weighted by molar-refractivity contribution is 6.01. The Balaban J connectivity index is 1.38. The Morgan fingerprint density at radius 1 is 0.917 bits per heavy atom. The van der Waals surface area contributed by atoms with Crippen LogP contribution in [0.3, 0.4) is 0 Å². The Kier molecular flexibility index (Phi) is 7.69. The fourth-order valence-electron chi connectivity index (χ4n) is 3.49. The van der Waals surface area contributed by atoms with E-state index >= 15 is 0 Å². The monoisotopic (exact) mass is 492 g/mol. The molecule has 0 aliphatic heterocycles. The van der Waals surface area contributed by atoms with E-state index in [1.807, 2.05) is 0 Å². The van der Waals surface area contributed by atoms with Crippen LogP contribution in [0, 0.1) is 0 Å². The summed E-state index contributed by atoms with van der Waals surface area (Å²) in [5, 5.41) is 13.5. The van der Waals surface area contributed by atoms with E-state index in [2.05, 4.69) is 10.3 Å². The number of carboxylic acids is 1. The lowest BCUT2D eigenvalue weighted by atomic mass is 10.1. The van der Waals surface area contributed by atoms with Crippen LogP contribution in [0.15, 0.2) is 79.0 Å². The van der Waals surface area contributed by atoms with Crippen LogP contribution in [0.2, 0.25) is 0 Å². The molecule has 0 atom stereocenters. The molecule has 0 saturated heterocycles. The van der Waals surface area contributed by atoms with Crippen molar-refractivity contribution in [3.63, 3.8) is 0 Å². The van der Waals surface area contributed by atoms with Gasteiger partial charge in [-0.25, -0.2) is 18.6 Å². The summed E-state index contributed by atoms with van der Waals surface area (Å²) in [5.74, 6) is -0.266. The second kappa shape index (κ2) is 11.3. The number of alkyl halides is 2. The highest BCUT2D eigenvalue weighted by atomic mass is 19.1. The summed E-state index contributed by atoms with van der Waals surface area (Å²) in [6.45, 7) is -1.81. The molecule has 4 aromatic rings. The lowest BCUT2D eigenvalue weighted by Gasteiger charge is -2.13. The summed E-state index contributed by atoms with van der Waals surface area (Å²) in [5.41, 5.74) is 0.858. The number of carbonyl (C=O) groups is 2. The topological polar surface area (TPSA) is 97.8 Å². The van der Waals surface area contributed by atoms with Crippen molar-refractivity contribution in [3.05, 3.63) is 90.1 Å². The van der Waals surface area contributed by atoms with Gasteiger partial charge in [0, 0.05) is 12.3 Å². The second-order valence-corrected chi connectivity index (χ2v) is 7.90. The molecule has 0 unspecified atom stereocenters. The smallest absolute Gasteiger partial charge is 0.337 e. The van der Waals surface area contributed by atoms with Gasteiger partial charge in [-0.15, -0.1) is 0 Å². The molecule has 184 valence electrons. The van der Waals surface area contributed by atoms with Crippen molar-refractivity contribution in [2.45, 2.75) is 12.5 Å². The predicted octanol–water partition coefficient (Wildman–Crippen LogP) is 5.59. The third kappa shape index (κ3) is 6.12. The minimum Gasteiger partial charge on any atom is -0.485 e. The fourth-order valence-corrected chi connectivity index (χ4v) is 3.49. The summed E-state index contributed by atoms with van der Waals surface area (Å²) in [6, 6.07) is 19.9. The second-order valence-electron chi connectivity index (χ2n) is 7.90. The molecule has 7 nitrogen and oxygen atoms in total. The van der Waals surface area contributed by atoms with Gasteiger partial charge in [0.1, 0.15) is 24.8 Å². The van der Waals surface area contributed by atoms with Gasteiger partial charge in [0.25, 0.3) is 0 Å². The number of anilines is 1. The summed E-state index contributed by atoms with van der Waals surface area (Å²) >= 11 is 0. The number of pyridine rings is 1. The first kappa shape index (κ1) is 24.6. The molecule has 0 aliphatic carbocycles. The van der Waals surface area contributed by atoms with Crippen LogP contribution in [-0.2, 0) is 11.2 Å². The van der Waals surface area contributed by atoms with Crippen molar-refractivity contribution in [3.8, 4) is 17.4 Å². The highest BCUT2D eigenvalue weighted by Gasteiger charge is 2.13. The van der Waals surface area contributed by atoms with Crippen LogP contribution in [-0.4, -0.2) is 41.4 Å². The van der Waals surface area contributed by atoms with E-state index in [0.717, 1.165) is 10.8 Å². The number of nitrogens with one attached hydrogen (secondary N) is 1. The number of ether oxygens (including phenoxy) is 2. The average molecular weight is 492 g/mol. The number of fused-ring (bicyclic) bond motifs is 1. The van der Waals surface area contributed by atoms with E-state index < -0.39 is 25.4 Å². The molecule has 0 bridgehead atoms. The molecule has 0 aliphatic rings. The van der Waals surface area contributed by atoms with Gasteiger partial charge >= 0.3 is 5.97 Å². The number of nitrogens with zero attached hydrogens (tertiary/aromatic N) is 1. The standard InChI is InChI=1S/C27H22F2N2O5/c28-14-22(15-29)35-20-8-6-19-13-21(9-7-18(19)12-20)36-26-10-5-17(16-30-26)11-25(32)31-24-4-2-1-3-23(24)27(33)34/h1-10,12-13,16,22H,11,14-15H2,(H,31,32)(H,33,34). The van der Waals surface area contributed by atoms with E-state index in [0.29, 0.717) is 22.9 Å². The summed E-state index contributed by atoms with van der Waals surface area (Å²) in [4.78, 5) is 27.9. The third-order valence-corrected chi connectivity index (χ3v) is 5.25. The molecule has 1 heterocycles. The fraction of sp³-hybridized carbons (Fsp3) is 0.148. The van der Waals surface area contributed by atoms with Crippen LogP contribution in [0.1, 0.15) is 15.9 Å². The van der Waals surface area contributed by atoms with Crippen molar-refractivity contribution in [2.24, 2.45) is 0 Å². The van der Waals surface area contributed by atoms with Crippen molar-refractivity contribution >= 4 is 28.3 Å². The molecule has 0 radical (unpaired) electrons. The van der Waals surface area contributed by atoms with Gasteiger partial charge in [0.05, 0.1) is 17.7 Å². The van der Waals surface area contributed by atoms with Crippen LogP contribution in [0.25, 0.3) is 10.8 Å². The lowest BCUT2D eigenvalue weighted by Crippen LogP contribution is -2.20. The number of aromatic carboxylic acids is 1. The van der Waals surface area contributed by atoms with Gasteiger partial charge in [-0.1, -0.05) is 30.3 Å². The van der Waals surface area contributed by atoms with Gasteiger partial charge < -0.3 is 19.9 Å². The largest absolute Gasteiger partial charge is 0.485 e. The number of amides is 1. The molecule has 0 saturated carbocycles. The molecule has 0 fully saturated rings. The van der Waals surface area contributed by atoms with Gasteiger partial charge in [0.15, 0.2) is 6.10 Å². The van der Waals surface area contributed by atoms with Crippen molar-refractivity contribution in [1.82, 2.24) is 4.98 Å². The Hall–Kier alpha value is -4.53. The van der Waals surface area contributed by atoms with Crippen molar-refractivity contribution < 1.29 is 33.0 Å². The maximum absolute atomic E-state index is 12.7. The van der Waals surface area contributed by atoms with E-state index in [-0.39, 0.29) is 23.6 Å². The molecule has 1 aromatic heterocycles. The molecular weight excluding hydrogens is 470 g/mol. The van der Waals surface area contributed by atoms with Crippen LogP contribution < -0.4 is 14.8 Å². The first-order chi connectivity index (χ1) is 17.4. The molecule has 3 aromatic carbocycles. The van der Waals surface area contributed by atoms with Crippen molar-refractivity contribution in [2.75, 3.05) is 18.7 Å². The Bertz CT molecular complexity index is 1370. The number of aromatic nitrogens is 1. The van der Waals surface area contributed by atoms with Gasteiger partial charge in [-0.05, 0) is 52.7 Å². The number of carboxylic acid groups (broad SMARTS) is 1. The summed E-state index contributed by atoms with van der Waals surface area (Å²) in [6.07, 6.45) is 0.396. The zero-order chi connectivity index (χ0) is 25.5. The van der Waals surface area contributed by atoms with Crippen molar-refractivity contribution in [1.29, 1.82) is 0 Å². The van der Waals surface area contributed by atoms with E-state index in [1.165, 1.54) is 18.3 Å². The minimum atomic E-state index is -1.13. The lowest BCUT2D eigenvalue weighted by molar-refractivity contribution is -0.115. The SMILES string of the molecule is O=C(Cc1ccc(Oc2ccc3cc(OC(CF)CF)ccc3c2)nc1)Nc1ccccc1C(=O)O. The normalized spacial score (nSPS) is 10.9. The minimum absolute atomic E-state index is 0.00722. The first-order valence-corrected chi connectivity index (χ1v) is 11.0. The Morgan fingerprint density at radius 2 is 1.61 bits per heavy atom. The number of carbonyl (C=O) groups excluding carboxylic acids is 1. The molecular formula is C27H22F2N2O5. The molecule has 1 amide bonds. The molecule has 9 heteroatoms. The highest BCUT2D eigenvalue weighted by Crippen LogP contribution is 2.28. The van der Waals surface area contributed by atoms with Crippen LogP contribution >= 0.6 is 0 Å². The quantitative estimate of drug-likeness (QED) is 0.299. The maximum Gasteiger partial charge on any atom is 0.337 e. The van der Waals surface area contributed by atoms with E-state index in [1.54, 1.807) is 60.7 Å². The number of rotatable bonds is 10. The van der Waals surface area contributed by atoms with Gasteiger partial charge in [-0.3, -0.25) is 4.79 Å². The number of halogens is 2. The Labute approximate surface area is 205 Å². The maximum atomic E-state index is 12.7. The zero-order valence-electron chi connectivity index (χ0n) is 19.0. The van der Waals surface area contributed by atoms with Gasteiger partial charge in [0.2, 0.25) is 11.8 Å². The summed E-state index contributed by atoms with van der Waals surface area (Å²) < 4.78 is 36.5. The number of hydrogen-bond acceptors (Lipinski definition) is 5. The predicted molar refractivity (Wildman–Crippen MR) is 130 cm³/mol. The molecule has 2 N–H and O–H groups in total. The van der Waals surface area contributed by atoms with Crippen LogP contribution in [0.4, 0.5) is 14.5 Å². The third-order valence-electron chi connectivity index (χ3n) is 5.25.